The van der Waals surface area contributed by atoms with Crippen LogP contribution in [0, 0.1) is 0 Å². The summed E-state index contributed by atoms with van der Waals surface area (Å²) in [6.45, 7) is 1.12. The molecule has 1 aromatic rings. The number of hydrogen-bond donors (Lipinski definition) is 5. The average molecular weight is 275 g/mol. The maximum absolute atomic E-state index is 11.1. The van der Waals surface area contributed by atoms with Crippen molar-refractivity contribution in [2.45, 2.75) is 17.4 Å². The summed E-state index contributed by atoms with van der Waals surface area (Å²) in [5.74, 6) is 0. The van der Waals surface area contributed by atoms with Crippen molar-refractivity contribution >= 4 is 21.4 Å². The fourth-order valence-corrected chi connectivity index (χ4v) is 1.77. The topological polar surface area (TPSA) is 139 Å². The Morgan fingerprint density at radius 2 is 2.06 bits per heavy atom. The zero-order valence-corrected chi connectivity index (χ0v) is 10.7. The summed E-state index contributed by atoms with van der Waals surface area (Å²) < 4.78 is 22.2. The Morgan fingerprint density at radius 3 is 2.50 bits per heavy atom. The molecule has 1 aromatic carbocycles. The second kappa shape index (κ2) is 5.11. The molecule has 0 fully saturated rings. The minimum absolute atomic E-state index is 0.0718. The van der Waals surface area contributed by atoms with Gasteiger partial charge in [-0.15, -0.1) is 0 Å². The summed E-state index contributed by atoms with van der Waals surface area (Å²) in [7, 11) is -3.79. The normalized spacial score (nSPS) is 15.1. The number of nitrogens with one attached hydrogen (secondary N) is 1. The van der Waals surface area contributed by atoms with Gasteiger partial charge in [0, 0.05) is 6.54 Å². The molecule has 1 rings (SSSR count). The Bertz CT molecular complexity index is 528. The lowest BCUT2D eigenvalue weighted by atomic mass is 10.1. The quantitative estimate of drug-likeness (QED) is 0.440. The Kier molecular flexibility index (Phi) is 4.17. The smallest absolute Gasteiger partial charge is 0.238 e. The molecule has 102 valence electrons. The van der Waals surface area contributed by atoms with Gasteiger partial charge in [0.1, 0.15) is 5.60 Å². The van der Waals surface area contributed by atoms with Crippen molar-refractivity contribution in [2.75, 3.05) is 24.2 Å². The maximum Gasteiger partial charge on any atom is 0.238 e. The fourth-order valence-electron chi connectivity index (χ4n) is 1.22. The number of rotatable bonds is 5. The Morgan fingerprint density at radius 1 is 1.44 bits per heavy atom. The van der Waals surface area contributed by atoms with E-state index in [0.29, 0.717) is 5.69 Å². The monoisotopic (exact) mass is 275 g/mol. The lowest BCUT2D eigenvalue weighted by Crippen LogP contribution is -2.37. The highest BCUT2D eigenvalue weighted by Crippen LogP contribution is 2.22. The SMILES string of the molecule is CC(O)(CO)CNc1ccc(S(N)(=O)=O)cc1N. The average Bonchev–Trinajstić information content (AvgIpc) is 2.26. The highest BCUT2D eigenvalue weighted by atomic mass is 32.2. The molecule has 0 aliphatic carbocycles. The van der Waals surface area contributed by atoms with Gasteiger partial charge >= 0.3 is 0 Å². The van der Waals surface area contributed by atoms with E-state index in [-0.39, 0.29) is 17.1 Å². The number of benzene rings is 1. The molecule has 1 unspecified atom stereocenters. The third kappa shape index (κ3) is 3.84. The van der Waals surface area contributed by atoms with E-state index in [2.05, 4.69) is 5.32 Å². The number of aliphatic hydroxyl groups excluding tert-OH is 1. The number of sulfonamides is 1. The number of nitrogens with two attached hydrogens (primary N) is 2. The van der Waals surface area contributed by atoms with Crippen molar-refractivity contribution in [3.05, 3.63) is 18.2 Å². The van der Waals surface area contributed by atoms with Gasteiger partial charge in [-0.1, -0.05) is 0 Å². The molecule has 0 bridgehead atoms. The van der Waals surface area contributed by atoms with Crippen molar-refractivity contribution < 1.29 is 18.6 Å². The van der Waals surface area contributed by atoms with Gasteiger partial charge in [-0.25, -0.2) is 13.6 Å². The first-order valence-corrected chi connectivity index (χ1v) is 6.70. The van der Waals surface area contributed by atoms with E-state index < -0.39 is 22.2 Å². The van der Waals surface area contributed by atoms with Crippen LogP contribution in [0.2, 0.25) is 0 Å². The van der Waals surface area contributed by atoms with Crippen LogP contribution >= 0.6 is 0 Å². The Hall–Kier alpha value is -1.35. The summed E-state index contributed by atoms with van der Waals surface area (Å²) >= 11 is 0. The number of primary sulfonamides is 1. The lowest BCUT2D eigenvalue weighted by Gasteiger charge is -2.22. The minimum Gasteiger partial charge on any atom is -0.397 e. The molecule has 0 radical (unpaired) electrons. The molecule has 0 aromatic heterocycles. The zero-order valence-electron chi connectivity index (χ0n) is 9.92. The summed E-state index contributed by atoms with van der Waals surface area (Å²) in [6.07, 6.45) is 0. The maximum atomic E-state index is 11.1. The molecule has 0 amide bonds. The number of anilines is 2. The van der Waals surface area contributed by atoms with Gasteiger partial charge in [-0.3, -0.25) is 0 Å². The van der Waals surface area contributed by atoms with Gasteiger partial charge in [-0.05, 0) is 25.1 Å². The van der Waals surface area contributed by atoms with Crippen LogP contribution in [0.1, 0.15) is 6.92 Å². The Labute approximate surface area is 105 Å². The van der Waals surface area contributed by atoms with E-state index in [0.717, 1.165) is 0 Å². The van der Waals surface area contributed by atoms with E-state index >= 15 is 0 Å². The van der Waals surface area contributed by atoms with Crippen LogP contribution in [-0.2, 0) is 10.0 Å². The Balaban J connectivity index is 2.88. The predicted octanol–water partition coefficient (Wildman–Crippen LogP) is -0.929. The molecular formula is C10H17N3O4S. The molecule has 0 aliphatic heterocycles. The first kappa shape index (κ1) is 14.7. The summed E-state index contributed by atoms with van der Waals surface area (Å²) in [5.41, 5.74) is 5.02. The zero-order chi connectivity index (χ0) is 14.0. The van der Waals surface area contributed by atoms with Crippen LogP contribution in [0.5, 0.6) is 0 Å². The molecule has 1 atom stereocenters. The molecule has 8 heteroatoms. The summed E-state index contributed by atoms with van der Waals surface area (Å²) in [4.78, 5) is -0.0838. The second-order valence-corrected chi connectivity index (χ2v) is 5.86. The standard InChI is InChI=1S/C10H17N3O4S/c1-10(15,6-14)5-13-9-3-2-7(4-8(9)11)18(12,16)17/h2-4,13-15H,5-6,11H2,1H3,(H2,12,16,17). The molecule has 0 saturated carbocycles. The molecule has 0 heterocycles. The third-order valence-electron chi connectivity index (χ3n) is 2.35. The summed E-state index contributed by atoms with van der Waals surface area (Å²) in [5, 5.41) is 26.2. The van der Waals surface area contributed by atoms with E-state index in [9.17, 15) is 13.5 Å². The number of nitrogen functional groups attached to an aromatic ring is 1. The van der Waals surface area contributed by atoms with Crippen LogP contribution in [0.25, 0.3) is 0 Å². The van der Waals surface area contributed by atoms with E-state index in [1.807, 2.05) is 0 Å². The molecule has 7 N–H and O–H groups in total. The molecule has 7 nitrogen and oxygen atoms in total. The van der Waals surface area contributed by atoms with E-state index in [1.165, 1.54) is 25.1 Å². The van der Waals surface area contributed by atoms with Crippen LogP contribution in [0.15, 0.2) is 23.1 Å². The van der Waals surface area contributed by atoms with Crippen molar-refractivity contribution in [2.24, 2.45) is 5.14 Å². The van der Waals surface area contributed by atoms with Gasteiger partial charge in [0.05, 0.1) is 22.9 Å². The molecule has 0 aliphatic rings. The second-order valence-electron chi connectivity index (χ2n) is 4.30. The van der Waals surface area contributed by atoms with Gasteiger partial charge in [0.15, 0.2) is 0 Å². The highest BCUT2D eigenvalue weighted by Gasteiger charge is 2.19. The van der Waals surface area contributed by atoms with Gasteiger partial charge < -0.3 is 21.3 Å². The van der Waals surface area contributed by atoms with E-state index in [4.69, 9.17) is 16.0 Å². The lowest BCUT2D eigenvalue weighted by molar-refractivity contribution is 0.0132. The first-order valence-electron chi connectivity index (χ1n) is 5.15. The van der Waals surface area contributed by atoms with Crippen LogP contribution < -0.4 is 16.2 Å². The van der Waals surface area contributed by atoms with Crippen LogP contribution in [0.4, 0.5) is 11.4 Å². The third-order valence-corrected chi connectivity index (χ3v) is 3.26. The van der Waals surface area contributed by atoms with Crippen molar-refractivity contribution in [1.29, 1.82) is 0 Å². The fraction of sp³-hybridized carbons (Fsp3) is 0.400. The predicted molar refractivity (Wildman–Crippen MR) is 68.4 cm³/mol. The van der Waals surface area contributed by atoms with E-state index in [1.54, 1.807) is 0 Å². The van der Waals surface area contributed by atoms with Crippen molar-refractivity contribution in [3.8, 4) is 0 Å². The summed E-state index contributed by atoms with van der Waals surface area (Å²) in [6, 6.07) is 3.98. The molecular weight excluding hydrogens is 258 g/mol. The molecule has 0 spiro atoms. The number of aliphatic hydroxyl groups is 2. The van der Waals surface area contributed by atoms with Crippen molar-refractivity contribution in [3.63, 3.8) is 0 Å². The van der Waals surface area contributed by atoms with Crippen molar-refractivity contribution in [1.82, 2.24) is 0 Å². The minimum atomic E-state index is -3.79. The van der Waals surface area contributed by atoms with Crippen LogP contribution in [-0.4, -0.2) is 37.4 Å². The van der Waals surface area contributed by atoms with Gasteiger partial charge in [-0.2, -0.15) is 0 Å². The van der Waals surface area contributed by atoms with Crippen LogP contribution in [0.3, 0.4) is 0 Å². The molecule has 18 heavy (non-hydrogen) atoms. The highest BCUT2D eigenvalue weighted by molar-refractivity contribution is 7.89. The largest absolute Gasteiger partial charge is 0.397 e. The van der Waals surface area contributed by atoms with Gasteiger partial charge in [0.25, 0.3) is 0 Å². The number of hydrogen-bond acceptors (Lipinski definition) is 6. The first-order chi connectivity index (χ1) is 8.15. The molecule has 0 saturated heterocycles. The van der Waals surface area contributed by atoms with Gasteiger partial charge in [0.2, 0.25) is 10.0 Å².